The zero-order chi connectivity index (χ0) is 19.2. The first-order chi connectivity index (χ1) is 11.5. The molecule has 0 radical (unpaired) electrons. The highest BCUT2D eigenvalue weighted by molar-refractivity contribution is 7.14. The second-order valence-corrected chi connectivity index (χ2v) is 6.93. The molecule has 1 aromatic rings. The first-order valence-corrected chi connectivity index (χ1v) is 8.30. The number of thiazole rings is 1. The van der Waals surface area contributed by atoms with E-state index in [2.05, 4.69) is 25.6 Å². The van der Waals surface area contributed by atoms with Crippen LogP contribution in [-0.4, -0.2) is 47.2 Å². The molecule has 0 saturated carbocycles. The third kappa shape index (κ3) is 6.87. The van der Waals surface area contributed by atoms with Crippen molar-refractivity contribution in [3.05, 3.63) is 11.1 Å². The zero-order valence-corrected chi connectivity index (χ0v) is 15.8. The van der Waals surface area contributed by atoms with Gasteiger partial charge in [0.05, 0.1) is 0 Å². The number of rotatable bonds is 6. The smallest absolute Gasteiger partial charge is 0.328 e. The molecule has 1 atom stereocenters. The lowest BCUT2D eigenvalue weighted by atomic mass is 10.2. The lowest BCUT2D eigenvalue weighted by Gasteiger charge is -2.22. The number of carbonyl (C=O) groups excluding carboxylic acids is 3. The van der Waals surface area contributed by atoms with Gasteiger partial charge in [-0.05, 0) is 27.7 Å². The van der Waals surface area contributed by atoms with Crippen molar-refractivity contribution in [1.29, 1.82) is 0 Å². The van der Waals surface area contributed by atoms with Crippen molar-refractivity contribution >= 4 is 40.0 Å². The molecule has 0 aliphatic carbocycles. The summed E-state index contributed by atoms with van der Waals surface area (Å²) in [6.45, 7) is 8.04. The first-order valence-electron chi connectivity index (χ1n) is 7.42. The van der Waals surface area contributed by atoms with Crippen LogP contribution in [0.2, 0.25) is 0 Å². The topological polar surface area (TPSA) is 119 Å². The Morgan fingerprint density at radius 3 is 2.48 bits per heavy atom. The molecule has 1 aromatic heterocycles. The van der Waals surface area contributed by atoms with Crippen LogP contribution in [-0.2, 0) is 24.0 Å². The average molecular weight is 370 g/mol. The molecular weight excluding hydrogens is 348 g/mol. The Morgan fingerprint density at radius 2 is 1.96 bits per heavy atom. The standard InChI is InChI=1S/C15H22N4O5S/c1-8(13(22)24-15(3,4)5)16-12(21)11(19-23-6)10-7-25-14(18-10)17-9(2)20/h7-8H,1-6H3,(H,16,21)(H,17,18,20). The van der Waals surface area contributed by atoms with E-state index < -0.39 is 23.5 Å². The summed E-state index contributed by atoms with van der Waals surface area (Å²) < 4.78 is 5.21. The Hall–Kier alpha value is -2.49. The van der Waals surface area contributed by atoms with Crippen LogP contribution in [0.5, 0.6) is 0 Å². The molecule has 0 aliphatic heterocycles. The molecule has 9 nitrogen and oxygen atoms in total. The summed E-state index contributed by atoms with van der Waals surface area (Å²) in [6, 6.07) is -0.887. The highest BCUT2D eigenvalue weighted by atomic mass is 32.1. The fraction of sp³-hybridized carbons (Fsp3) is 0.533. The Kier molecular flexibility index (Phi) is 7.04. The van der Waals surface area contributed by atoms with Crippen molar-refractivity contribution in [3.8, 4) is 0 Å². The third-order valence-electron chi connectivity index (χ3n) is 2.54. The Labute approximate surface area is 149 Å². The van der Waals surface area contributed by atoms with E-state index >= 15 is 0 Å². The molecule has 10 heteroatoms. The molecule has 0 aromatic carbocycles. The molecular formula is C15H22N4O5S. The van der Waals surface area contributed by atoms with Crippen LogP contribution in [0.1, 0.15) is 40.3 Å². The maximum Gasteiger partial charge on any atom is 0.328 e. The third-order valence-corrected chi connectivity index (χ3v) is 3.29. The van der Waals surface area contributed by atoms with Crippen LogP contribution in [0.3, 0.4) is 0 Å². The summed E-state index contributed by atoms with van der Waals surface area (Å²) in [5.41, 5.74) is -0.572. The van der Waals surface area contributed by atoms with Crippen LogP contribution in [0.4, 0.5) is 5.13 Å². The zero-order valence-electron chi connectivity index (χ0n) is 15.0. The number of nitrogens with zero attached hydrogens (tertiary/aromatic N) is 2. The van der Waals surface area contributed by atoms with Gasteiger partial charge < -0.3 is 20.2 Å². The van der Waals surface area contributed by atoms with E-state index in [1.165, 1.54) is 21.0 Å². The van der Waals surface area contributed by atoms with Gasteiger partial charge in [-0.2, -0.15) is 0 Å². The normalized spacial score (nSPS) is 13.0. The van der Waals surface area contributed by atoms with Crippen molar-refractivity contribution in [1.82, 2.24) is 10.3 Å². The van der Waals surface area contributed by atoms with Gasteiger partial charge in [-0.1, -0.05) is 5.16 Å². The van der Waals surface area contributed by atoms with E-state index in [-0.39, 0.29) is 17.3 Å². The molecule has 0 spiro atoms. The molecule has 1 rings (SSSR count). The fourth-order valence-corrected chi connectivity index (χ4v) is 2.34. The second kappa shape index (κ2) is 8.56. The van der Waals surface area contributed by atoms with Gasteiger partial charge in [0.2, 0.25) is 5.91 Å². The lowest BCUT2D eigenvalue weighted by Crippen LogP contribution is -2.45. The molecule has 0 bridgehead atoms. The van der Waals surface area contributed by atoms with Gasteiger partial charge in [-0.15, -0.1) is 11.3 Å². The average Bonchev–Trinajstić information content (AvgIpc) is 2.89. The van der Waals surface area contributed by atoms with Crippen LogP contribution >= 0.6 is 11.3 Å². The largest absolute Gasteiger partial charge is 0.458 e. The highest BCUT2D eigenvalue weighted by Crippen LogP contribution is 2.16. The number of hydrogen-bond acceptors (Lipinski definition) is 8. The fourth-order valence-electron chi connectivity index (χ4n) is 1.60. The van der Waals surface area contributed by atoms with Gasteiger partial charge >= 0.3 is 5.97 Å². The summed E-state index contributed by atoms with van der Waals surface area (Å²) in [7, 11) is 1.28. The summed E-state index contributed by atoms with van der Waals surface area (Å²) >= 11 is 1.13. The van der Waals surface area contributed by atoms with E-state index in [0.29, 0.717) is 5.13 Å². The highest BCUT2D eigenvalue weighted by Gasteiger charge is 2.26. The number of ether oxygens (including phenoxy) is 1. The molecule has 0 aliphatic rings. The van der Waals surface area contributed by atoms with E-state index in [1.54, 1.807) is 26.2 Å². The van der Waals surface area contributed by atoms with Crippen molar-refractivity contribution in [2.45, 2.75) is 46.3 Å². The van der Waals surface area contributed by atoms with E-state index in [4.69, 9.17) is 4.74 Å². The van der Waals surface area contributed by atoms with Crippen LogP contribution in [0.15, 0.2) is 10.5 Å². The molecule has 0 fully saturated rings. The minimum atomic E-state index is -0.887. The van der Waals surface area contributed by atoms with Gasteiger partial charge in [-0.25, -0.2) is 9.78 Å². The molecule has 25 heavy (non-hydrogen) atoms. The van der Waals surface area contributed by atoms with E-state index in [0.717, 1.165) is 11.3 Å². The second-order valence-electron chi connectivity index (χ2n) is 6.07. The first kappa shape index (κ1) is 20.6. The van der Waals surface area contributed by atoms with Gasteiger partial charge in [0.25, 0.3) is 5.91 Å². The molecule has 138 valence electrons. The van der Waals surface area contributed by atoms with E-state index in [9.17, 15) is 14.4 Å². The number of oxime groups is 1. The maximum absolute atomic E-state index is 12.4. The summed E-state index contributed by atoms with van der Waals surface area (Å²) in [6.07, 6.45) is 0. The number of carbonyl (C=O) groups is 3. The predicted molar refractivity (Wildman–Crippen MR) is 93.4 cm³/mol. The molecule has 2 amide bonds. The Balaban J connectivity index is 2.87. The number of nitrogens with one attached hydrogen (secondary N) is 2. The van der Waals surface area contributed by atoms with Crippen LogP contribution in [0.25, 0.3) is 0 Å². The molecule has 1 heterocycles. The lowest BCUT2D eigenvalue weighted by molar-refractivity contribution is -0.157. The Bertz CT molecular complexity index is 678. The summed E-state index contributed by atoms with van der Waals surface area (Å²) in [4.78, 5) is 44.2. The van der Waals surface area contributed by atoms with E-state index in [1.807, 2.05) is 0 Å². The number of esters is 1. The van der Waals surface area contributed by atoms with Crippen LogP contribution < -0.4 is 10.6 Å². The molecule has 2 N–H and O–H groups in total. The monoisotopic (exact) mass is 370 g/mol. The SMILES string of the molecule is CON=C(C(=O)NC(C)C(=O)OC(C)(C)C)c1csc(NC(C)=O)n1. The van der Waals surface area contributed by atoms with Gasteiger partial charge in [0.1, 0.15) is 24.4 Å². The summed E-state index contributed by atoms with van der Waals surface area (Å²) in [5.74, 6) is -1.51. The minimum Gasteiger partial charge on any atom is -0.458 e. The minimum absolute atomic E-state index is 0.120. The van der Waals surface area contributed by atoms with Crippen molar-refractivity contribution in [2.24, 2.45) is 5.16 Å². The van der Waals surface area contributed by atoms with Crippen molar-refractivity contribution < 1.29 is 24.0 Å². The van der Waals surface area contributed by atoms with Gasteiger partial charge in [0.15, 0.2) is 10.8 Å². The number of hydrogen-bond donors (Lipinski definition) is 2. The predicted octanol–water partition coefficient (Wildman–Crippen LogP) is 1.30. The van der Waals surface area contributed by atoms with Crippen molar-refractivity contribution in [2.75, 3.05) is 12.4 Å². The van der Waals surface area contributed by atoms with Gasteiger partial charge in [-0.3, -0.25) is 9.59 Å². The molecule has 0 saturated heterocycles. The number of anilines is 1. The maximum atomic E-state index is 12.4. The Morgan fingerprint density at radius 1 is 1.32 bits per heavy atom. The summed E-state index contributed by atoms with van der Waals surface area (Å²) in [5, 5.41) is 10.5. The number of aromatic nitrogens is 1. The molecule has 1 unspecified atom stereocenters. The van der Waals surface area contributed by atoms with Gasteiger partial charge in [0, 0.05) is 12.3 Å². The quantitative estimate of drug-likeness (QED) is 0.442. The van der Waals surface area contributed by atoms with Crippen molar-refractivity contribution in [3.63, 3.8) is 0 Å². The van der Waals surface area contributed by atoms with Crippen LogP contribution in [0, 0.1) is 0 Å². The number of amides is 2.